The molecular weight excluding hydrogens is 382 g/mol. The minimum absolute atomic E-state index is 0.774. The third-order valence-corrected chi connectivity index (χ3v) is 6.69. The van der Waals surface area contributed by atoms with E-state index in [4.69, 9.17) is 0 Å². The molecule has 2 saturated heterocycles. The van der Waals surface area contributed by atoms with Crippen LogP contribution in [0.4, 0.5) is 0 Å². The van der Waals surface area contributed by atoms with Crippen molar-refractivity contribution in [3.63, 3.8) is 0 Å². The number of hydrogen-bond acceptors (Lipinski definition) is 5. The maximum absolute atomic E-state index is 9.80. The predicted octanol–water partition coefficient (Wildman–Crippen LogP) is 3.11. The maximum atomic E-state index is 9.80. The molecule has 0 unspecified atom stereocenters. The molecule has 2 aliphatic heterocycles. The van der Waals surface area contributed by atoms with Gasteiger partial charge in [-0.15, -0.1) is 0 Å². The Kier molecular flexibility index (Phi) is 7.37. The van der Waals surface area contributed by atoms with Crippen molar-refractivity contribution in [2.45, 2.75) is 19.5 Å². The van der Waals surface area contributed by atoms with Crippen molar-refractivity contribution >= 4 is 0 Å². The van der Waals surface area contributed by atoms with Crippen molar-refractivity contribution in [3.05, 3.63) is 59.2 Å². The number of nitrogens with zero attached hydrogens (tertiary/aromatic N) is 5. The van der Waals surface area contributed by atoms with Crippen LogP contribution in [0.3, 0.4) is 0 Å². The van der Waals surface area contributed by atoms with Gasteiger partial charge in [0.25, 0.3) is 0 Å². The van der Waals surface area contributed by atoms with Crippen molar-refractivity contribution in [1.82, 2.24) is 19.6 Å². The second kappa shape index (κ2) is 10.4. The van der Waals surface area contributed by atoms with E-state index < -0.39 is 0 Å². The van der Waals surface area contributed by atoms with E-state index in [1.807, 2.05) is 0 Å². The highest BCUT2D eigenvalue weighted by atomic mass is 15.2. The Labute approximate surface area is 187 Å². The van der Waals surface area contributed by atoms with Gasteiger partial charge < -0.3 is 9.80 Å². The summed E-state index contributed by atoms with van der Waals surface area (Å²) in [6.07, 6.45) is 1.21. The van der Waals surface area contributed by atoms with E-state index in [2.05, 4.69) is 82.2 Å². The van der Waals surface area contributed by atoms with E-state index in [1.165, 1.54) is 24.1 Å². The fraction of sp³-hybridized carbons (Fsp3) is 0.500. The minimum Gasteiger partial charge on any atom is -0.305 e. The Balaban J connectivity index is 1.42. The van der Waals surface area contributed by atoms with E-state index in [9.17, 15) is 5.26 Å². The molecule has 164 valence electrons. The molecule has 2 heterocycles. The summed E-state index contributed by atoms with van der Waals surface area (Å²) in [5.74, 6) is 0. The minimum atomic E-state index is 0.774. The van der Waals surface area contributed by atoms with Crippen LogP contribution in [0.15, 0.2) is 42.5 Å². The summed E-state index contributed by atoms with van der Waals surface area (Å²) in [6, 6.07) is 17.6. The Bertz CT molecular complexity index is 893. The van der Waals surface area contributed by atoms with Gasteiger partial charge in [-0.05, 0) is 61.9 Å². The third kappa shape index (κ3) is 5.93. The molecule has 0 bridgehead atoms. The Morgan fingerprint density at radius 1 is 0.710 bits per heavy atom. The lowest BCUT2D eigenvalue weighted by Crippen LogP contribution is -2.43. The molecule has 0 saturated carbocycles. The summed E-state index contributed by atoms with van der Waals surface area (Å²) in [7, 11) is 4.39. The monoisotopic (exact) mass is 417 g/mol. The second-order valence-corrected chi connectivity index (χ2v) is 9.20. The molecule has 0 aliphatic carbocycles. The van der Waals surface area contributed by atoms with Gasteiger partial charge >= 0.3 is 0 Å². The van der Waals surface area contributed by atoms with Gasteiger partial charge in [-0.25, -0.2) is 0 Å². The van der Waals surface area contributed by atoms with E-state index in [-0.39, 0.29) is 0 Å². The number of likely N-dealkylation sites (N-methyl/N-ethyl adjacent to an activating group) is 2. The number of nitriles is 1. The van der Waals surface area contributed by atoms with Gasteiger partial charge in [-0.1, -0.05) is 36.4 Å². The van der Waals surface area contributed by atoms with Gasteiger partial charge in [0.2, 0.25) is 0 Å². The summed E-state index contributed by atoms with van der Waals surface area (Å²) >= 11 is 0. The Hall–Kier alpha value is -2.23. The van der Waals surface area contributed by atoms with Gasteiger partial charge in [-0.2, -0.15) is 5.26 Å². The number of piperazine rings is 1. The van der Waals surface area contributed by atoms with Crippen LogP contribution in [0.2, 0.25) is 0 Å². The van der Waals surface area contributed by atoms with E-state index in [1.54, 1.807) is 0 Å². The van der Waals surface area contributed by atoms with Crippen LogP contribution < -0.4 is 0 Å². The SMILES string of the molecule is CN1CCCN(Cc2ccc(-c3ccc(CN4CCN(C)CC4)cc3)c(C#N)c2)CC1. The average molecular weight is 418 g/mol. The molecular formula is C26H35N5. The standard InChI is InChI=1S/C26H35N5/c1-28-10-3-11-30(15-12-28)21-23-6-9-26(25(18-23)19-27)24-7-4-22(5-8-24)20-31-16-13-29(2)14-17-31/h4-9,18H,3,10-17,20-21H2,1-2H3. The molecule has 0 atom stereocenters. The quantitative estimate of drug-likeness (QED) is 0.747. The summed E-state index contributed by atoms with van der Waals surface area (Å²) < 4.78 is 0. The molecule has 0 spiro atoms. The summed E-state index contributed by atoms with van der Waals surface area (Å²) in [5, 5.41) is 9.80. The van der Waals surface area contributed by atoms with Crippen LogP contribution in [-0.4, -0.2) is 86.1 Å². The van der Waals surface area contributed by atoms with Crippen molar-refractivity contribution in [3.8, 4) is 17.2 Å². The lowest BCUT2D eigenvalue weighted by atomic mass is 9.97. The molecule has 2 fully saturated rings. The predicted molar refractivity (Wildman–Crippen MR) is 127 cm³/mol. The van der Waals surface area contributed by atoms with Crippen molar-refractivity contribution < 1.29 is 0 Å². The highest BCUT2D eigenvalue weighted by Crippen LogP contribution is 2.26. The molecule has 2 aromatic carbocycles. The smallest absolute Gasteiger partial charge is 0.0998 e. The lowest BCUT2D eigenvalue weighted by Gasteiger charge is -2.32. The van der Waals surface area contributed by atoms with Crippen molar-refractivity contribution in [2.24, 2.45) is 0 Å². The zero-order valence-electron chi connectivity index (χ0n) is 19.1. The number of benzene rings is 2. The first kappa shape index (κ1) is 22.0. The van der Waals surface area contributed by atoms with Crippen LogP contribution in [0.25, 0.3) is 11.1 Å². The number of rotatable bonds is 5. The first-order chi connectivity index (χ1) is 15.1. The molecule has 5 heteroatoms. The van der Waals surface area contributed by atoms with Crippen LogP contribution >= 0.6 is 0 Å². The summed E-state index contributed by atoms with van der Waals surface area (Å²) in [4.78, 5) is 9.81. The van der Waals surface area contributed by atoms with E-state index in [0.29, 0.717) is 0 Å². The van der Waals surface area contributed by atoms with Gasteiger partial charge in [0.15, 0.2) is 0 Å². The third-order valence-electron chi connectivity index (χ3n) is 6.69. The molecule has 5 nitrogen and oxygen atoms in total. The van der Waals surface area contributed by atoms with Gasteiger partial charge in [0.1, 0.15) is 0 Å². The van der Waals surface area contributed by atoms with Crippen LogP contribution in [0.1, 0.15) is 23.1 Å². The van der Waals surface area contributed by atoms with Crippen LogP contribution in [0.5, 0.6) is 0 Å². The highest BCUT2D eigenvalue weighted by Gasteiger charge is 2.15. The fourth-order valence-corrected chi connectivity index (χ4v) is 4.60. The molecule has 0 amide bonds. The van der Waals surface area contributed by atoms with Gasteiger partial charge in [0.05, 0.1) is 11.6 Å². The number of hydrogen-bond donors (Lipinski definition) is 0. The second-order valence-electron chi connectivity index (χ2n) is 9.20. The van der Waals surface area contributed by atoms with Gasteiger partial charge in [0, 0.05) is 52.4 Å². The Morgan fingerprint density at radius 2 is 1.29 bits per heavy atom. The average Bonchev–Trinajstić information content (AvgIpc) is 3.00. The maximum Gasteiger partial charge on any atom is 0.0998 e. The largest absolute Gasteiger partial charge is 0.305 e. The van der Waals surface area contributed by atoms with Crippen LogP contribution in [0, 0.1) is 11.3 Å². The van der Waals surface area contributed by atoms with Crippen molar-refractivity contribution in [2.75, 3.05) is 66.5 Å². The molecule has 2 aliphatic rings. The molecule has 2 aromatic rings. The first-order valence-corrected chi connectivity index (χ1v) is 11.5. The molecule has 31 heavy (non-hydrogen) atoms. The van der Waals surface area contributed by atoms with E-state index >= 15 is 0 Å². The Morgan fingerprint density at radius 3 is 1.97 bits per heavy atom. The highest BCUT2D eigenvalue weighted by molar-refractivity contribution is 5.71. The zero-order chi connectivity index (χ0) is 21.6. The fourth-order valence-electron chi connectivity index (χ4n) is 4.60. The molecule has 4 rings (SSSR count). The molecule has 0 radical (unpaired) electrons. The summed E-state index contributed by atoms with van der Waals surface area (Å²) in [5.41, 5.74) is 5.51. The molecule has 0 N–H and O–H groups in total. The summed E-state index contributed by atoms with van der Waals surface area (Å²) in [6.45, 7) is 11.0. The zero-order valence-corrected chi connectivity index (χ0v) is 19.1. The topological polar surface area (TPSA) is 36.8 Å². The normalized spacial score (nSPS) is 19.8. The first-order valence-electron chi connectivity index (χ1n) is 11.5. The van der Waals surface area contributed by atoms with Crippen LogP contribution in [-0.2, 0) is 13.1 Å². The lowest BCUT2D eigenvalue weighted by molar-refractivity contribution is 0.148. The van der Waals surface area contributed by atoms with Crippen molar-refractivity contribution in [1.29, 1.82) is 5.26 Å². The van der Waals surface area contributed by atoms with E-state index in [0.717, 1.165) is 75.6 Å². The van der Waals surface area contributed by atoms with Gasteiger partial charge in [-0.3, -0.25) is 9.80 Å². The molecule has 0 aromatic heterocycles.